The molecule has 0 atom stereocenters. The number of hydrogen-bond donors (Lipinski definition) is 2. The topological polar surface area (TPSA) is 70.6 Å². The van der Waals surface area contributed by atoms with E-state index in [1.807, 2.05) is 6.92 Å². The van der Waals surface area contributed by atoms with Crippen LogP contribution in [0.5, 0.6) is 0 Å². The van der Waals surface area contributed by atoms with E-state index in [9.17, 15) is 8.42 Å². The van der Waals surface area contributed by atoms with E-state index in [4.69, 9.17) is 0 Å². The molecule has 110 valence electrons. The van der Waals surface area contributed by atoms with Gasteiger partial charge in [-0.3, -0.25) is 4.99 Å². The molecule has 0 fully saturated rings. The van der Waals surface area contributed by atoms with Crippen molar-refractivity contribution in [3.05, 3.63) is 0 Å². The maximum absolute atomic E-state index is 10.9. The molecule has 0 aromatic carbocycles. The zero-order chi connectivity index (χ0) is 13.1. The number of guanidine groups is 1. The molecule has 0 aliphatic rings. The van der Waals surface area contributed by atoms with Gasteiger partial charge in [0.05, 0.1) is 5.75 Å². The molecule has 0 bridgehead atoms. The lowest BCUT2D eigenvalue weighted by atomic mass is 10.3. The lowest BCUT2D eigenvalue weighted by Gasteiger charge is -2.10. The third kappa shape index (κ3) is 14.0. The highest BCUT2D eigenvalue weighted by atomic mass is 127. The second kappa shape index (κ2) is 12.0. The highest BCUT2D eigenvalue weighted by molar-refractivity contribution is 14.0. The molecule has 0 aromatic rings. The molecule has 2 N–H and O–H groups in total. The van der Waals surface area contributed by atoms with Gasteiger partial charge in [0.1, 0.15) is 9.84 Å². The number of nitrogens with zero attached hydrogens (tertiary/aromatic N) is 1. The number of aliphatic imine (C=N–C) groups is 1. The fourth-order valence-electron chi connectivity index (χ4n) is 1.24. The van der Waals surface area contributed by atoms with Gasteiger partial charge >= 0.3 is 0 Å². The fraction of sp³-hybridized carbons (Fsp3) is 0.909. The molecule has 0 aromatic heterocycles. The van der Waals surface area contributed by atoms with Crippen LogP contribution in [0.1, 0.15) is 33.1 Å². The van der Waals surface area contributed by atoms with Gasteiger partial charge in [-0.2, -0.15) is 0 Å². The van der Waals surface area contributed by atoms with Gasteiger partial charge < -0.3 is 10.6 Å². The summed E-state index contributed by atoms with van der Waals surface area (Å²) in [6, 6.07) is 0. The van der Waals surface area contributed by atoms with E-state index >= 15 is 0 Å². The van der Waals surface area contributed by atoms with Gasteiger partial charge in [-0.1, -0.05) is 13.3 Å². The second-order valence-electron chi connectivity index (χ2n) is 4.02. The van der Waals surface area contributed by atoms with Crippen LogP contribution in [0, 0.1) is 0 Å². The zero-order valence-electron chi connectivity index (χ0n) is 11.5. The minimum atomic E-state index is -2.87. The molecule has 5 nitrogen and oxygen atoms in total. The van der Waals surface area contributed by atoms with Crippen molar-refractivity contribution in [2.75, 3.05) is 31.6 Å². The summed E-state index contributed by atoms with van der Waals surface area (Å²) in [4.78, 5) is 4.32. The van der Waals surface area contributed by atoms with Gasteiger partial charge in [0.25, 0.3) is 0 Å². The van der Waals surface area contributed by atoms with E-state index < -0.39 is 9.84 Å². The average Bonchev–Trinajstić information content (AvgIpc) is 2.23. The first-order chi connectivity index (χ1) is 7.99. The molecular weight excluding hydrogens is 365 g/mol. The molecule has 0 saturated heterocycles. The summed E-state index contributed by atoms with van der Waals surface area (Å²) in [6.07, 6.45) is 4.07. The maximum atomic E-state index is 10.9. The Morgan fingerprint density at radius 2 is 1.83 bits per heavy atom. The summed E-state index contributed by atoms with van der Waals surface area (Å²) in [6.45, 7) is 6.39. The van der Waals surface area contributed by atoms with Crippen LogP contribution < -0.4 is 10.6 Å². The molecule has 0 aliphatic heterocycles. The van der Waals surface area contributed by atoms with Crippen LogP contribution >= 0.6 is 24.0 Å². The molecule has 7 heteroatoms. The third-order valence-corrected chi connectivity index (χ3v) is 3.14. The van der Waals surface area contributed by atoms with E-state index in [1.54, 1.807) is 0 Å². The molecule has 0 amide bonds. The van der Waals surface area contributed by atoms with E-state index in [-0.39, 0.29) is 29.7 Å². The maximum Gasteiger partial charge on any atom is 0.191 e. The molecule has 0 saturated carbocycles. The number of sulfone groups is 1. The van der Waals surface area contributed by atoms with Crippen molar-refractivity contribution in [2.45, 2.75) is 33.1 Å². The van der Waals surface area contributed by atoms with Gasteiger partial charge in [-0.15, -0.1) is 24.0 Å². The molecule has 0 unspecified atom stereocenters. The lowest BCUT2D eigenvalue weighted by Crippen LogP contribution is -2.37. The smallest absolute Gasteiger partial charge is 0.191 e. The Morgan fingerprint density at radius 3 is 2.33 bits per heavy atom. The molecule has 0 heterocycles. The number of rotatable bonds is 8. The molecular formula is C11H26IN3O2S. The predicted molar refractivity (Wildman–Crippen MR) is 88.6 cm³/mol. The van der Waals surface area contributed by atoms with Crippen LogP contribution in [0.4, 0.5) is 0 Å². The lowest BCUT2D eigenvalue weighted by molar-refractivity contribution is 0.599. The fourth-order valence-corrected chi connectivity index (χ4v) is 1.90. The Bertz CT molecular complexity index is 318. The van der Waals surface area contributed by atoms with Gasteiger partial charge in [0, 0.05) is 25.9 Å². The SMILES string of the molecule is CCCCNC(=NCCCS(C)(=O)=O)NCC.I. The number of halogens is 1. The molecule has 0 radical (unpaired) electrons. The predicted octanol–water partition coefficient (Wildman–Crippen LogP) is 1.39. The third-order valence-electron chi connectivity index (χ3n) is 2.11. The zero-order valence-corrected chi connectivity index (χ0v) is 14.7. The Hall–Kier alpha value is -0.0500. The first kappa shape index (κ1) is 20.3. The highest BCUT2D eigenvalue weighted by Crippen LogP contribution is 1.90. The summed E-state index contributed by atoms with van der Waals surface area (Å²) in [5, 5.41) is 6.34. The Morgan fingerprint density at radius 1 is 1.17 bits per heavy atom. The largest absolute Gasteiger partial charge is 0.357 e. The first-order valence-electron chi connectivity index (χ1n) is 6.19. The summed E-state index contributed by atoms with van der Waals surface area (Å²) < 4.78 is 21.9. The van der Waals surface area contributed by atoms with Gasteiger partial charge in [-0.25, -0.2) is 8.42 Å². The van der Waals surface area contributed by atoms with Crippen molar-refractivity contribution in [1.82, 2.24) is 10.6 Å². The molecule has 0 aliphatic carbocycles. The Kier molecular flexibility index (Phi) is 13.5. The van der Waals surface area contributed by atoms with E-state index in [0.717, 1.165) is 31.9 Å². The quantitative estimate of drug-likeness (QED) is 0.284. The monoisotopic (exact) mass is 391 g/mol. The minimum Gasteiger partial charge on any atom is -0.357 e. The molecule has 0 spiro atoms. The van der Waals surface area contributed by atoms with E-state index in [1.165, 1.54) is 6.26 Å². The standard InChI is InChI=1S/C11H25N3O2S.HI/c1-4-6-8-13-11(12-5-2)14-9-7-10-17(3,15)16;/h4-10H2,1-3H3,(H2,12,13,14);1H. The summed E-state index contributed by atoms with van der Waals surface area (Å²) in [7, 11) is -2.87. The van der Waals surface area contributed by atoms with Crippen molar-refractivity contribution in [3.8, 4) is 0 Å². The summed E-state index contributed by atoms with van der Waals surface area (Å²) in [5.74, 6) is 0.972. The first-order valence-corrected chi connectivity index (χ1v) is 8.25. The van der Waals surface area contributed by atoms with Crippen molar-refractivity contribution in [3.63, 3.8) is 0 Å². The Labute approximate surface area is 128 Å². The van der Waals surface area contributed by atoms with Crippen molar-refractivity contribution >= 4 is 39.8 Å². The van der Waals surface area contributed by atoms with Gasteiger partial charge in [-0.05, 0) is 19.8 Å². The van der Waals surface area contributed by atoms with Crippen molar-refractivity contribution in [1.29, 1.82) is 0 Å². The van der Waals surface area contributed by atoms with Crippen LogP contribution in [-0.2, 0) is 9.84 Å². The summed E-state index contributed by atoms with van der Waals surface area (Å²) in [5.41, 5.74) is 0. The van der Waals surface area contributed by atoms with E-state index in [0.29, 0.717) is 13.0 Å². The normalized spacial score (nSPS) is 11.8. The highest BCUT2D eigenvalue weighted by Gasteiger charge is 2.01. The van der Waals surface area contributed by atoms with Crippen molar-refractivity contribution in [2.24, 2.45) is 4.99 Å². The van der Waals surface area contributed by atoms with Crippen molar-refractivity contribution < 1.29 is 8.42 Å². The minimum absolute atomic E-state index is 0. The van der Waals surface area contributed by atoms with Gasteiger partial charge in [0.2, 0.25) is 0 Å². The average molecular weight is 391 g/mol. The number of hydrogen-bond acceptors (Lipinski definition) is 3. The summed E-state index contributed by atoms with van der Waals surface area (Å²) >= 11 is 0. The van der Waals surface area contributed by atoms with Crippen LogP contribution in [0.3, 0.4) is 0 Å². The Balaban J connectivity index is 0. The van der Waals surface area contributed by atoms with Gasteiger partial charge in [0.15, 0.2) is 5.96 Å². The van der Waals surface area contributed by atoms with E-state index in [2.05, 4.69) is 22.5 Å². The van der Waals surface area contributed by atoms with Crippen LogP contribution in [-0.4, -0.2) is 46.0 Å². The van der Waals surface area contributed by atoms with Crippen LogP contribution in [0.25, 0.3) is 0 Å². The van der Waals surface area contributed by atoms with Crippen LogP contribution in [0.15, 0.2) is 4.99 Å². The second-order valence-corrected chi connectivity index (χ2v) is 6.28. The molecule has 18 heavy (non-hydrogen) atoms. The number of unbranched alkanes of at least 4 members (excludes halogenated alkanes) is 1. The van der Waals surface area contributed by atoms with Crippen LogP contribution in [0.2, 0.25) is 0 Å². The number of nitrogens with one attached hydrogen (secondary N) is 2. The molecule has 0 rings (SSSR count).